The number of oxazole rings is 1. The number of halogens is 1. The molecular formula is C21H11FNO3PS. The lowest BCUT2D eigenvalue weighted by Crippen LogP contribution is -2.08. The van der Waals surface area contributed by atoms with E-state index < -0.39 is 17.4 Å². The Balaban J connectivity index is 1.55. The van der Waals surface area contributed by atoms with E-state index in [-0.39, 0.29) is 16.7 Å². The van der Waals surface area contributed by atoms with E-state index in [9.17, 15) is 14.0 Å². The van der Waals surface area contributed by atoms with Crippen LogP contribution in [-0.2, 0) is 0 Å². The number of carbonyl (C=O) groups excluding carboxylic acids is 2. The van der Waals surface area contributed by atoms with Crippen LogP contribution in [0.4, 0.5) is 4.39 Å². The van der Waals surface area contributed by atoms with Gasteiger partial charge in [-0.2, -0.15) is 4.98 Å². The summed E-state index contributed by atoms with van der Waals surface area (Å²) < 4.78 is 19.9. The van der Waals surface area contributed by atoms with Crippen LogP contribution in [0.5, 0.6) is 0 Å². The molecule has 2 aromatic heterocycles. The molecule has 0 bridgehead atoms. The van der Waals surface area contributed by atoms with Crippen LogP contribution in [0.3, 0.4) is 0 Å². The lowest BCUT2D eigenvalue weighted by atomic mass is 10.1. The minimum atomic E-state index is -0.683. The molecule has 0 saturated carbocycles. The molecule has 0 aliphatic heterocycles. The van der Waals surface area contributed by atoms with Crippen molar-refractivity contribution >= 4 is 53.9 Å². The number of allylic oxidation sites excluding steroid dienone is 1. The van der Waals surface area contributed by atoms with E-state index in [2.05, 4.69) is 14.2 Å². The van der Waals surface area contributed by atoms with E-state index in [1.807, 2.05) is 30.3 Å². The highest BCUT2D eigenvalue weighted by Crippen LogP contribution is 2.34. The lowest BCUT2D eigenvalue weighted by Gasteiger charge is -2.00. The first kappa shape index (κ1) is 17.2. The number of nitrogens with zero attached hydrogens (tertiary/aromatic N) is 1. The number of carbonyl (C=O) groups is 2. The Hall–Kier alpha value is -2.95. The van der Waals surface area contributed by atoms with E-state index in [4.69, 9.17) is 4.42 Å². The van der Waals surface area contributed by atoms with E-state index in [1.54, 1.807) is 6.07 Å². The van der Waals surface area contributed by atoms with Crippen LogP contribution in [0, 0.1) is 5.82 Å². The molecule has 0 saturated heterocycles. The van der Waals surface area contributed by atoms with Gasteiger partial charge in [0.05, 0.1) is 11.1 Å². The van der Waals surface area contributed by atoms with E-state index in [1.165, 1.54) is 29.5 Å². The molecule has 28 heavy (non-hydrogen) atoms. The van der Waals surface area contributed by atoms with Gasteiger partial charge in [-0.25, -0.2) is 4.39 Å². The topological polar surface area (TPSA) is 60.2 Å². The maximum absolute atomic E-state index is 14.1. The minimum Gasteiger partial charge on any atom is -0.435 e. The first-order chi connectivity index (χ1) is 13.5. The molecule has 1 aliphatic rings. The second kappa shape index (κ2) is 6.30. The van der Waals surface area contributed by atoms with Gasteiger partial charge in [0.25, 0.3) is 0 Å². The number of fused-ring (bicyclic) bond motifs is 2. The van der Waals surface area contributed by atoms with Crippen molar-refractivity contribution < 1.29 is 18.4 Å². The predicted octanol–water partition coefficient (Wildman–Crippen LogP) is 4.66. The minimum absolute atomic E-state index is 0.0454. The fourth-order valence-electron chi connectivity index (χ4n) is 3.23. The summed E-state index contributed by atoms with van der Waals surface area (Å²) in [5, 5.41) is 0.507. The predicted molar refractivity (Wildman–Crippen MR) is 110 cm³/mol. The first-order valence-electron chi connectivity index (χ1n) is 8.38. The van der Waals surface area contributed by atoms with E-state index >= 15 is 0 Å². The molecule has 0 radical (unpaired) electrons. The highest BCUT2D eigenvalue weighted by Gasteiger charge is 2.37. The van der Waals surface area contributed by atoms with Crippen LogP contribution in [0.25, 0.3) is 27.9 Å². The molecule has 1 unspecified atom stereocenters. The summed E-state index contributed by atoms with van der Waals surface area (Å²) in [6.07, 6.45) is 1.48. The van der Waals surface area contributed by atoms with Crippen molar-refractivity contribution in [2.75, 3.05) is 0 Å². The van der Waals surface area contributed by atoms with Gasteiger partial charge in [-0.1, -0.05) is 24.3 Å². The van der Waals surface area contributed by atoms with E-state index in [0.29, 0.717) is 26.5 Å². The van der Waals surface area contributed by atoms with Gasteiger partial charge in [-0.15, -0.1) is 20.6 Å². The number of hydrogen-bond donors (Lipinski definition) is 0. The third-order valence-electron chi connectivity index (χ3n) is 4.55. The number of benzene rings is 2. The average Bonchev–Trinajstić information content (AvgIpc) is 3.32. The molecule has 0 N–H and O–H groups in total. The summed E-state index contributed by atoms with van der Waals surface area (Å²) in [4.78, 5) is 31.1. The third-order valence-corrected chi connectivity index (χ3v) is 5.98. The highest BCUT2D eigenvalue weighted by molar-refractivity contribution is 7.27. The first-order valence-corrected chi connectivity index (χ1v) is 9.77. The molecule has 0 amide bonds. The Morgan fingerprint density at radius 3 is 2.50 bits per heavy atom. The number of Topliss-reactive ketones (excluding diaryl/α,β-unsaturated/α-hetero) is 2. The Kier molecular flexibility index (Phi) is 3.86. The number of rotatable bonds is 2. The Morgan fingerprint density at radius 2 is 1.79 bits per heavy atom. The SMILES string of the molecule is O=C1/C(=C/c2cc3oc(-c4ccccc4)nc3s2)C(=O)c2c(P)ccc(F)c21. The van der Waals surface area contributed by atoms with Gasteiger partial charge in [0.2, 0.25) is 11.7 Å². The summed E-state index contributed by atoms with van der Waals surface area (Å²) in [5.74, 6) is -1.23. The average molecular weight is 407 g/mol. The van der Waals surface area contributed by atoms with Crippen molar-refractivity contribution in [3.63, 3.8) is 0 Å². The molecule has 2 heterocycles. The van der Waals surface area contributed by atoms with Crippen molar-refractivity contribution in [2.45, 2.75) is 0 Å². The molecule has 4 nitrogen and oxygen atoms in total. The van der Waals surface area contributed by atoms with Crippen LogP contribution < -0.4 is 5.30 Å². The lowest BCUT2D eigenvalue weighted by molar-refractivity contribution is 0.0990. The smallest absolute Gasteiger partial charge is 0.228 e. The molecule has 0 spiro atoms. The van der Waals surface area contributed by atoms with Crippen molar-refractivity contribution in [1.29, 1.82) is 0 Å². The van der Waals surface area contributed by atoms with Crippen molar-refractivity contribution in [3.05, 3.63) is 75.9 Å². The largest absolute Gasteiger partial charge is 0.435 e. The van der Waals surface area contributed by atoms with Crippen LogP contribution in [0.15, 0.2) is 58.5 Å². The summed E-state index contributed by atoms with van der Waals surface area (Å²) in [6, 6.07) is 13.9. The summed E-state index contributed by atoms with van der Waals surface area (Å²) in [7, 11) is 2.37. The van der Waals surface area contributed by atoms with E-state index in [0.717, 1.165) is 5.56 Å². The zero-order valence-corrected chi connectivity index (χ0v) is 16.2. The Labute approximate surface area is 164 Å². The van der Waals surface area contributed by atoms with Crippen LogP contribution >= 0.6 is 20.6 Å². The molecule has 1 atom stereocenters. The summed E-state index contributed by atoms with van der Waals surface area (Å²) in [5.41, 5.74) is 1.35. The molecular weight excluding hydrogens is 396 g/mol. The normalized spacial score (nSPS) is 15.0. The molecule has 0 fully saturated rings. The number of hydrogen-bond acceptors (Lipinski definition) is 5. The van der Waals surface area contributed by atoms with Gasteiger partial charge < -0.3 is 4.42 Å². The van der Waals surface area contributed by atoms with Gasteiger partial charge in [0.15, 0.2) is 16.2 Å². The molecule has 5 rings (SSSR count). The highest BCUT2D eigenvalue weighted by atomic mass is 32.1. The quantitative estimate of drug-likeness (QED) is 0.276. The van der Waals surface area contributed by atoms with Crippen molar-refractivity contribution in [2.24, 2.45) is 0 Å². The van der Waals surface area contributed by atoms with Crippen molar-refractivity contribution in [1.82, 2.24) is 4.98 Å². The standard InChI is InChI=1S/C21H11FNO3PS/c22-13-6-7-15(27)17-16(13)18(24)12(19(17)25)8-11-9-14-21(28-11)23-20(26-14)10-4-2-1-3-5-10/h1-9H,27H2/b12-8-. The number of aromatic nitrogens is 1. The Morgan fingerprint density at radius 1 is 1.04 bits per heavy atom. The van der Waals surface area contributed by atoms with Gasteiger partial charge in [0.1, 0.15) is 5.82 Å². The molecule has 2 aromatic carbocycles. The zero-order chi connectivity index (χ0) is 19.4. The summed E-state index contributed by atoms with van der Waals surface area (Å²) in [6.45, 7) is 0. The monoisotopic (exact) mass is 407 g/mol. The zero-order valence-electron chi connectivity index (χ0n) is 14.2. The maximum Gasteiger partial charge on any atom is 0.228 e. The van der Waals surface area contributed by atoms with Gasteiger partial charge in [0, 0.05) is 22.1 Å². The van der Waals surface area contributed by atoms with Gasteiger partial charge in [-0.3, -0.25) is 9.59 Å². The summed E-state index contributed by atoms with van der Waals surface area (Å²) >= 11 is 1.31. The van der Waals surface area contributed by atoms with Crippen LogP contribution in [-0.4, -0.2) is 16.6 Å². The van der Waals surface area contributed by atoms with Crippen LogP contribution in [0.1, 0.15) is 25.6 Å². The molecule has 4 aromatic rings. The van der Waals surface area contributed by atoms with Gasteiger partial charge >= 0.3 is 0 Å². The molecule has 7 heteroatoms. The maximum atomic E-state index is 14.1. The number of thiophene rings is 1. The fourth-order valence-corrected chi connectivity index (χ4v) is 4.50. The molecule has 136 valence electrons. The third kappa shape index (κ3) is 2.57. The van der Waals surface area contributed by atoms with Gasteiger partial charge in [-0.05, 0) is 29.6 Å². The fraction of sp³-hybridized carbons (Fsp3) is 0. The van der Waals surface area contributed by atoms with Crippen molar-refractivity contribution in [3.8, 4) is 11.5 Å². The second-order valence-electron chi connectivity index (χ2n) is 6.31. The molecule has 1 aliphatic carbocycles. The van der Waals surface area contributed by atoms with Crippen LogP contribution in [0.2, 0.25) is 0 Å². The second-order valence-corrected chi connectivity index (χ2v) is 7.99. The number of ketones is 2. The Bertz CT molecular complexity index is 1250.